The van der Waals surface area contributed by atoms with E-state index in [1.54, 1.807) is 12.1 Å². The first-order valence-corrected chi connectivity index (χ1v) is 5.32. The van der Waals surface area contributed by atoms with E-state index in [0.717, 1.165) is 4.90 Å². The molecule has 0 spiro atoms. The molecule has 0 radical (unpaired) electrons. The van der Waals surface area contributed by atoms with Crippen molar-refractivity contribution >= 4 is 29.3 Å². The third-order valence-electron chi connectivity index (χ3n) is 1.54. The van der Waals surface area contributed by atoms with Crippen LogP contribution in [0.5, 0.6) is 0 Å². The van der Waals surface area contributed by atoms with E-state index in [0.29, 0.717) is 10.8 Å². The van der Waals surface area contributed by atoms with Gasteiger partial charge >= 0.3 is 5.97 Å². The van der Waals surface area contributed by atoms with E-state index in [1.807, 2.05) is 12.1 Å². The zero-order chi connectivity index (χ0) is 10.6. The zero-order valence-corrected chi connectivity index (χ0v) is 8.89. The summed E-state index contributed by atoms with van der Waals surface area (Å²) in [5, 5.41) is 9.19. The number of halogens is 1. The lowest BCUT2D eigenvalue weighted by Gasteiger charge is -2.05. The zero-order valence-electron chi connectivity index (χ0n) is 7.31. The number of carboxylic acid groups (broad SMARTS) is 1. The molecule has 1 aromatic carbocycles. The first-order valence-electron chi connectivity index (χ1n) is 3.96. The van der Waals surface area contributed by atoms with Crippen molar-refractivity contribution in [3.05, 3.63) is 29.3 Å². The Morgan fingerprint density at radius 2 is 2.36 bits per heavy atom. The molecule has 3 nitrogen and oxygen atoms in total. The molecule has 1 atom stereocenters. The fourth-order valence-electron chi connectivity index (χ4n) is 0.814. The van der Waals surface area contributed by atoms with E-state index in [4.69, 9.17) is 22.4 Å². The van der Waals surface area contributed by atoms with E-state index in [1.165, 1.54) is 11.8 Å². The third kappa shape index (κ3) is 3.57. The van der Waals surface area contributed by atoms with Crippen LogP contribution in [0.25, 0.3) is 0 Å². The van der Waals surface area contributed by atoms with Crippen molar-refractivity contribution in [1.29, 1.82) is 0 Å². The summed E-state index contributed by atoms with van der Waals surface area (Å²) in [5.74, 6) is -0.644. The van der Waals surface area contributed by atoms with Gasteiger partial charge in [0.1, 0.15) is 6.04 Å². The second-order valence-electron chi connectivity index (χ2n) is 2.71. The van der Waals surface area contributed by atoms with Crippen molar-refractivity contribution in [2.45, 2.75) is 10.9 Å². The Hall–Kier alpha value is -0.710. The molecular formula is C9H10ClNO2S. The van der Waals surface area contributed by atoms with E-state index < -0.39 is 12.0 Å². The van der Waals surface area contributed by atoms with Gasteiger partial charge in [-0.15, -0.1) is 11.8 Å². The minimum absolute atomic E-state index is 0.343. The van der Waals surface area contributed by atoms with E-state index >= 15 is 0 Å². The van der Waals surface area contributed by atoms with Gasteiger partial charge < -0.3 is 10.8 Å². The molecule has 0 saturated heterocycles. The lowest BCUT2D eigenvalue weighted by atomic mass is 10.4. The summed E-state index contributed by atoms with van der Waals surface area (Å²) in [4.78, 5) is 11.3. The molecule has 1 unspecified atom stereocenters. The molecule has 0 heterocycles. The predicted molar refractivity (Wildman–Crippen MR) is 57.8 cm³/mol. The SMILES string of the molecule is NC(CSc1cccc(Cl)c1)C(=O)O. The second-order valence-corrected chi connectivity index (χ2v) is 4.24. The number of nitrogens with two attached hydrogens (primary N) is 1. The van der Waals surface area contributed by atoms with Crippen LogP contribution < -0.4 is 5.73 Å². The highest BCUT2D eigenvalue weighted by Crippen LogP contribution is 2.21. The largest absolute Gasteiger partial charge is 0.480 e. The minimum Gasteiger partial charge on any atom is -0.480 e. The molecule has 3 N–H and O–H groups in total. The monoisotopic (exact) mass is 231 g/mol. The van der Waals surface area contributed by atoms with Gasteiger partial charge in [-0.05, 0) is 18.2 Å². The second kappa shape index (κ2) is 5.24. The van der Waals surface area contributed by atoms with Gasteiger partial charge in [0.05, 0.1) is 0 Å². The predicted octanol–water partition coefficient (Wildman–Crippen LogP) is 1.84. The van der Waals surface area contributed by atoms with Crippen LogP contribution in [0.15, 0.2) is 29.2 Å². The molecule has 1 aromatic rings. The summed E-state index contributed by atoms with van der Waals surface area (Å²) in [5.41, 5.74) is 5.35. The van der Waals surface area contributed by atoms with Crippen LogP contribution in [0.4, 0.5) is 0 Å². The molecule has 5 heteroatoms. The fraction of sp³-hybridized carbons (Fsp3) is 0.222. The van der Waals surface area contributed by atoms with Crippen LogP contribution in [0.3, 0.4) is 0 Å². The van der Waals surface area contributed by atoms with Gasteiger partial charge in [-0.25, -0.2) is 0 Å². The Labute approximate surface area is 91.2 Å². The summed E-state index contributed by atoms with van der Waals surface area (Å²) in [6.45, 7) is 0. The minimum atomic E-state index is -0.987. The van der Waals surface area contributed by atoms with Crippen molar-refractivity contribution < 1.29 is 9.90 Å². The Balaban J connectivity index is 2.49. The number of hydrogen-bond donors (Lipinski definition) is 2. The van der Waals surface area contributed by atoms with Crippen molar-refractivity contribution in [1.82, 2.24) is 0 Å². The average Bonchev–Trinajstić information content (AvgIpc) is 2.14. The molecule has 0 bridgehead atoms. The molecule has 0 aliphatic heterocycles. The van der Waals surface area contributed by atoms with Gasteiger partial charge in [0.2, 0.25) is 0 Å². The van der Waals surface area contributed by atoms with E-state index in [-0.39, 0.29) is 0 Å². The number of rotatable bonds is 4. The van der Waals surface area contributed by atoms with Gasteiger partial charge in [-0.3, -0.25) is 4.79 Å². The first-order chi connectivity index (χ1) is 6.59. The number of benzene rings is 1. The van der Waals surface area contributed by atoms with Crippen molar-refractivity contribution in [2.75, 3.05) is 5.75 Å². The highest BCUT2D eigenvalue weighted by atomic mass is 35.5. The standard InChI is InChI=1S/C9H10ClNO2S/c10-6-2-1-3-7(4-6)14-5-8(11)9(12)13/h1-4,8H,5,11H2,(H,12,13). The molecule has 0 amide bonds. The first kappa shape index (κ1) is 11.4. The summed E-state index contributed by atoms with van der Waals surface area (Å²) in [6, 6.07) is 6.39. The van der Waals surface area contributed by atoms with Crippen molar-refractivity contribution in [2.24, 2.45) is 5.73 Å². The Morgan fingerprint density at radius 3 is 2.93 bits per heavy atom. The van der Waals surface area contributed by atoms with Crippen LogP contribution in [0, 0.1) is 0 Å². The van der Waals surface area contributed by atoms with Crippen LogP contribution in [0.2, 0.25) is 5.02 Å². The molecule has 1 rings (SSSR count). The maximum atomic E-state index is 10.4. The summed E-state index contributed by atoms with van der Waals surface area (Å²) in [7, 11) is 0. The maximum absolute atomic E-state index is 10.4. The summed E-state index contributed by atoms with van der Waals surface area (Å²) >= 11 is 7.14. The molecule has 0 fully saturated rings. The quantitative estimate of drug-likeness (QED) is 0.777. The van der Waals surface area contributed by atoms with Crippen LogP contribution in [0.1, 0.15) is 0 Å². The number of carboxylic acids is 1. The van der Waals surface area contributed by atoms with Gasteiger partial charge in [-0.2, -0.15) is 0 Å². The fourth-order valence-corrected chi connectivity index (χ4v) is 1.97. The van der Waals surface area contributed by atoms with Crippen LogP contribution in [-0.2, 0) is 4.79 Å². The Morgan fingerprint density at radius 1 is 1.64 bits per heavy atom. The normalized spacial score (nSPS) is 12.4. The van der Waals surface area contributed by atoms with E-state index in [9.17, 15) is 4.79 Å². The summed E-state index contributed by atoms with van der Waals surface area (Å²) in [6.07, 6.45) is 0. The highest BCUT2D eigenvalue weighted by molar-refractivity contribution is 7.99. The lowest BCUT2D eigenvalue weighted by molar-refractivity contribution is -0.137. The van der Waals surface area contributed by atoms with Crippen molar-refractivity contribution in [3.63, 3.8) is 0 Å². The topological polar surface area (TPSA) is 63.3 Å². The van der Waals surface area contributed by atoms with Crippen LogP contribution >= 0.6 is 23.4 Å². The molecular weight excluding hydrogens is 222 g/mol. The number of thioether (sulfide) groups is 1. The Kier molecular flexibility index (Phi) is 4.25. The van der Waals surface area contributed by atoms with Gasteiger partial charge in [0.15, 0.2) is 0 Å². The molecule has 0 saturated carbocycles. The summed E-state index contributed by atoms with van der Waals surface area (Å²) < 4.78 is 0. The average molecular weight is 232 g/mol. The number of aliphatic carboxylic acids is 1. The molecule has 0 aromatic heterocycles. The molecule has 0 aliphatic rings. The Bertz CT molecular complexity index is 332. The van der Waals surface area contributed by atoms with Gasteiger partial charge in [0.25, 0.3) is 0 Å². The molecule has 0 aliphatic carbocycles. The smallest absolute Gasteiger partial charge is 0.321 e. The highest BCUT2D eigenvalue weighted by Gasteiger charge is 2.11. The van der Waals surface area contributed by atoms with E-state index in [2.05, 4.69) is 0 Å². The van der Waals surface area contributed by atoms with Gasteiger partial charge in [0, 0.05) is 15.7 Å². The van der Waals surface area contributed by atoms with Crippen LogP contribution in [-0.4, -0.2) is 22.9 Å². The van der Waals surface area contributed by atoms with Crippen molar-refractivity contribution in [3.8, 4) is 0 Å². The van der Waals surface area contributed by atoms with Gasteiger partial charge in [-0.1, -0.05) is 17.7 Å². The lowest BCUT2D eigenvalue weighted by Crippen LogP contribution is -2.32. The molecule has 76 valence electrons. The number of carbonyl (C=O) groups is 1. The molecule has 14 heavy (non-hydrogen) atoms. The number of hydrogen-bond acceptors (Lipinski definition) is 3. The maximum Gasteiger partial charge on any atom is 0.321 e. The third-order valence-corrected chi connectivity index (χ3v) is 2.89.